The fourth-order valence-corrected chi connectivity index (χ4v) is 1.79. The van der Waals surface area contributed by atoms with E-state index in [1.807, 2.05) is 6.92 Å². The van der Waals surface area contributed by atoms with Crippen LogP contribution in [0.2, 0.25) is 0 Å². The first-order valence-electron chi connectivity index (χ1n) is 5.87. The molecular weight excluding hydrogens is 236 g/mol. The first-order valence-corrected chi connectivity index (χ1v) is 5.87. The molecule has 100 valence electrons. The largest absolute Gasteiger partial charge is 0.480 e. The topological polar surface area (TPSA) is 83.6 Å². The van der Waals surface area contributed by atoms with Gasteiger partial charge in [-0.15, -0.1) is 0 Å². The fourth-order valence-electron chi connectivity index (χ4n) is 1.79. The molecule has 0 atom stereocenters. The third-order valence-corrected chi connectivity index (χ3v) is 2.83. The van der Waals surface area contributed by atoms with Gasteiger partial charge in [0.25, 0.3) is 0 Å². The second kappa shape index (κ2) is 6.18. The zero-order valence-electron chi connectivity index (χ0n) is 10.9. The van der Waals surface area contributed by atoms with Crippen LogP contribution in [0, 0.1) is 13.8 Å². The Morgan fingerprint density at radius 2 is 2.06 bits per heavy atom. The number of likely N-dealkylation sites (N-methyl/N-ethyl adjacent to an activating group) is 1. The number of carbonyl (C=O) groups is 2. The predicted molar refractivity (Wildman–Crippen MR) is 64.2 cm³/mol. The van der Waals surface area contributed by atoms with E-state index >= 15 is 0 Å². The molecule has 1 aromatic rings. The van der Waals surface area contributed by atoms with Crippen LogP contribution in [0.15, 0.2) is 4.52 Å². The Hall–Kier alpha value is -1.85. The quantitative estimate of drug-likeness (QED) is 0.823. The second-order valence-electron chi connectivity index (χ2n) is 4.10. The Balaban J connectivity index is 2.57. The van der Waals surface area contributed by atoms with Crippen molar-refractivity contribution >= 4 is 11.9 Å². The first-order chi connectivity index (χ1) is 8.45. The van der Waals surface area contributed by atoms with Gasteiger partial charge in [0, 0.05) is 18.5 Å². The molecule has 18 heavy (non-hydrogen) atoms. The van der Waals surface area contributed by atoms with Crippen LogP contribution in [-0.4, -0.2) is 40.1 Å². The predicted octanol–water partition coefficient (Wildman–Crippen LogP) is 1.16. The summed E-state index contributed by atoms with van der Waals surface area (Å²) in [6.07, 6.45) is 0.792. The maximum Gasteiger partial charge on any atom is 0.323 e. The smallest absolute Gasteiger partial charge is 0.323 e. The molecule has 1 heterocycles. The van der Waals surface area contributed by atoms with Gasteiger partial charge >= 0.3 is 5.97 Å². The number of carbonyl (C=O) groups excluding carboxylic acids is 1. The van der Waals surface area contributed by atoms with Crippen LogP contribution < -0.4 is 0 Å². The zero-order valence-corrected chi connectivity index (χ0v) is 10.9. The SMILES string of the molecule is CCN(CC(=O)O)C(=O)CCc1c(C)noc1C. The van der Waals surface area contributed by atoms with Crippen molar-refractivity contribution in [2.24, 2.45) is 0 Å². The Morgan fingerprint density at radius 1 is 1.39 bits per heavy atom. The number of carboxylic acids is 1. The first kappa shape index (κ1) is 14.2. The molecule has 0 aliphatic carbocycles. The molecule has 0 aliphatic heterocycles. The number of hydrogen-bond donors (Lipinski definition) is 1. The van der Waals surface area contributed by atoms with Gasteiger partial charge in [-0.2, -0.15) is 0 Å². The molecule has 1 aromatic heterocycles. The number of aryl methyl sites for hydroxylation is 2. The van der Waals surface area contributed by atoms with E-state index in [1.54, 1.807) is 13.8 Å². The average Bonchev–Trinajstić information content (AvgIpc) is 2.63. The summed E-state index contributed by atoms with van der Waals surface area (Å²) in [4.78, 5) is 23.8. The van der Waals surface area contributed by atoms with Crippen LogP contribution in [0.4, 0.5) is 0 Å². The van der Waals surface area contributed by atoms with Crippen molar-refractivity contribution in [3.05, 3.63) is 17.0 Å². The maximum absolute atomic E-state index is 11.8. The molecule has 1 amide bonds. The van der Waals surface area contributed by atoms with E-state index in [-0.39, 0.29) is 18.9 Å². The normalized spacial score (nSPS) is 10.4. The molecule has 0 saturated carbocycles. The standard InChI is InChI=1S/C12H18N2O4/c1-4-14(7-12(16)17)11(15)6-5-10-8(2)13-18-9(10)3/h4-7H2,1-3H3,(H,16,17). The number of amides is 1. The van der Waals surface area contributed by atoms with Crippen LogP contribution in [0.5, 0.6) is 0 Å². The maximum atomic E-state index is 11.8. The molecule has 6 heteroatoms. The van der Waals surface area contributed by atoms with E-state index < -0.39 is 5.97 Å². The molecule has 0 saturated heterocycles. The number of nitrogens with zero attached hydrogens (tertiary/aromatic N) is 2. The highest BCUT2D eigenvalue weighted by molar-refractivity contribution is 5.81. The molecular formula is C12H18N2O4. The van der Waals surface area contributed by atoms with Crippen molar-refractivity contribution in [2.75, 3.05) is 13.1 Å². The third-order valence-electron chi connectivity index (χ3n) is 2.83. The minimum atomic E-state index is -0.998. The van der Waals surface area contributed by atoms with Crippen molar-refractivity contribution in [1.82, 2.24) is 10.1 Å². The number of carboxylic acid groups (broad SMARTS) is 1. The summed E-state index contributed by atoms with van der Waals surface area (Å²) >= 11 is 0. The van der Waals surface area contributed by atoms with Gasteiger partial charge in [-0.1, -0.05) is 5.16 Å². The van der Waals surface area contributed by atoms with E-state index in [0.717, 1.165) is 11.3 Å². The van der Waals surface area contributed by atoms with E-state index in [0.29, 0.717) is 18.7 Å². The van der Waals surface area contributed by atoms with Crippen LogP contribution in [0.1, 0.15) is 30.4 Å². The molecule has 0 spiro atoms. The summed E-state index contributed by atoms with van der Waals surface area (Å²) in [5, 5.41) is 12.5. The van der Waals surface area contributed by atoms with E-state index in [4.69, 9.17) is 9.63 Å². The molecule has 0 fully saturated rings. The Kier molecular flexibility index (Phi) is 4.88. The van der Waals surface area contributed by atoms with Gasteiger partial charge in [0.15, 0.2) is 0 Å². The third kappa shape index (κ3) is 3.58. The molecule has 1 N–H and O–H groups in total. The van der Waals surface area contributed by atoms with Gasteiger partial charge in [0.1, 0.15) is 12.3 Å². The van der Waals surface area contributed by atoms with Crippen LogP contribution in [0.25, 0.3) is 0 Å². The van der Waals surface area contributed by atoms with Gasteiger partial charge in [-0.05, 0) is 27.2 Å². The van der Waals surface area contributed by atoms with Gasteiger partial charge in [0.2, 0.25) is 5.91 Å². The van der Waals surface area contributed by atoms with Crippen molar-refractivity contribution in [3.8, 4) is 0 Å². The lowest BCUT2D eigenvalue weighted by Crippen LogP contribution is -2.35. The fraction of sp³-hybridized carbons (Fsp3) is 0.583. The number of aliphatic carboxylic acids is 1. The highest BCUT2D eigenvalue weighted by atomic mass is 16.5. The Labute approximate surface area is 106 Å². The molecule has 0 radical (unpaired) electrons. The average molecular weight is 254 g/mol. The Bertz CT molecular complexity index is 420. The van der Waals surface area contributed by atoms with Crippen LogP contribution in [0.3, 0.4) is 0 Å². The molecule has 0 unspecified atom stereocenters. The summed E-state index contributed by atoms with van der Waals surface area (Å²) in [5.74, 6) is -0.455. The second-order valence-corrected chi connectivity index (χ2v) is 4.10. The highest BCUT2D eigenvalue weighted by Gasteiger charge is 2.17. The lowest BCUT2D eigenvalue weighted by atomic mass is 10.1. The van der Waals surface area contributed by atoms with Gasteiger partial charge in [0.05, 0.1) is 5.69 Å². The van der Waals surface area contributed by atoms with Crippen molar-refractivity contribution in [3.63, 3.8) is 0 Å². The molecule has 6 nitrogen and oxygen atoms in total. The zero-order chi connectivity index (χ0) is 13.7. The van der Waals surface area contributed by atoms with Crippen molar-refractivity contribution in [2.45, 2.75) is 33.6 Å². The Morgan fingerprint density at radius 3 is 2.50 bits per heavy atom. The van der Waals surface area contributed by atoms with Crippen molar-refractivity contribution < 1.29 is 19.2 Å². The molecule has 0 aromatic carbocycles. The number of aromatic nitrogens is 1. The summed E-state index contributed by atoms with van der Waals surface area (Å²) in [6.45, 7) is 5.53. The molecule has 1 rings (SSSR count). The number of rotatable bonds is 6. The minimum Gasteiger partial charge on any atom is -0.480 e. The lowest BCUT2D eigenvalue weighted by molar-refractivity contribution is -0.144. The minimum absolute atomic E-state index is 0.167. The number of hydrogen-bond acceptors (Lipinski definition) is 4. The highest BCUT2D eigenvalue weighted by Crippen LogP contribution is 2.14. The van der Waals surface area contributed by atoms with Crippen LogP contribution in [-0.2, 0) is 16.0 Å². The van der Waals surface area contributed by atoms with Crippen molar-refractivity contribution in [1.29, 1.82) is 0 Å². The summed E-state index contributed by atoms with van der Waals surface area (Å²) < 4.78 is 5.01. The monoisotopic (exact) mass is 254 g/mol. The van der Waals surface area contributed by atoms with Gasteiger partial charge < -0.3 is 14.5 Å². The summed E-state index contributed by atoms with van der Waals surface area (Å²) in [5.41, 5.74) is 1.70. The van der Waals surface area contributed by atoms with E-state index in [2.05, 4.69) is 5.16 Å². The lowest BCUT2D eigenvalue weighted by Gasteiger charge is -2.18. The van der Waals surface area contributed by atoms with E-state index in [9.17, 15) is 9.59 Å². The van der Waals surface area contributed by atoms with E-state index in [1.165, 1.54) is 4.90 Å². The van der Waals surface area contributed by atoms with Crippen LogP contribution >= 0.6 is 0 Å². The summed E-state index contributed by atoms with van der Waals surface area (Å²) in [7, 11) is 0. The molecule has 0 aliphatic rings. The summed E-state index contributed by atoms with van der Waals surface area (Å²) in [6, 6.07) is 0. The van der Waals surface area contributed by atoms with Gasteiger partial charge in [-0.3, -0.25) is 9.59 Å². The van der Waals surface area contributed by atoms with Gasteiger partial charge in [-0.25, -0.2) is 0 Å². The molecule has 0 bridgehead atoms.